The molecule has 0 radical (unpaired) electrons. The molecular weight excluding hydrogens is 421 g/mol. The third-order valence-corrected chi connectivity index (χ3v) is 5.03. The SMILES string of the molecule is CCCCCCCCc1ccc(-c2cnc(OCC(OC(=O)CC)C(F)(F)F)nc2)cc1. The van der Waals surface area contributed by atoms with Gasteiger partial charge in [-0.2, -0.15) is 13.2 Å². The maximum absolute atomic E-state index is 13.0. The van der Waals surface area contributed by atoms with E-state index in [-0.39, 0.29) is 12.4 Å². The van der Waals surface area contributed by atoms with Gasteiger partial charge in [-0.15, -0.1) is 0 Å². The lowest BCUT2D eigenvalue weighted by molar-refractivity contribution is -0.227. The van der Waals surface area contributed by atoms with Crippen LogP contribution >= 0.6 is 0 Å². The summed E-state index contributed by atoms with van der Waals surface area (Å²) in [6.45, 7) is 2.73. The largest absolute Gasteiger partial charge is 0.459 e. The maximum Gasteiger partial charge on any atom is 0.428 e. The molecule has 0 bridgehead atoms. The van der Waals surface area contributed by atoms with E-state index in [1.54, 1.807) is 0 Å². The van der Waals surface area contributed by atoms with Crippen molar-refractivity contribution in [2.45, 2.75) is 77.5 Å². The number of aryl methyl sites for hydroxylation is 1. The first-order valence-corrected chi connectivity index (χ1v) is 11.1. The molecular formula is C24H31F3N2O3. The Morgan fingerprint density at radius 2 is 1.56 bits per heavy atom. The summed E-state index contributed by atoms with van der Waals surface area (Å²) in [4.78, 5) is 19.2. The van der Waals surface area contributed by atoms with Crippen molar-refractivity contribution in [3.63, 3.8) is 0 Å². The van der Waals surface area contributed by atoms with E-state index >= 15 is 0 Å². The average molecular weight is 453 g/mol. The molecule has 0 spiro atoms. The predicted molar refractivity (Wildman–Crippen MR) is 116 cm³/mol. The number of benzene rings is 1. The Hall–Kier alpha value is -2.64. The minimum atomic E-state index is -4.73. The minimum Gasteiger partial charge on any atom is -0.459 e. The fourth-order valence-corrected chi connectivity index (χ4v) is 3.10. The monoisotopic (exact) mass is 452 g/mol. The quantitative estimate of drug-likeness (QED) is 0.263. The van der Waals surface area contributed by atoms with Crippen LogP contribution in [0.4, 0.5) is 13.2 Å². The Morgan fingerprint density at radius 3 is 2.16 bits per heavy atom. The molecule has 32 heavy (non-hydrogen) atoms. The summed E-state index contributed by atoms with van der Waals surface area (Å²) in [6, 6.07) is 7.89. The standard InChI is InChI=1S/C24H31F3N2O3/c1-3-5-6-7-8-9-10-18-11-13-19(14-12-18)20-15-28-23(29-16-20)31-17-21(24(25,26)27)32-22(30)4-2/h11-16,21H,3-10,17H2,1-2H3. The summed E-state index contributed by atoms with van der Waals surface area (Å²) in [7, 11) is 0. The van der Waals surface area contributed by atoms with Gasteiger partial charge in [-0.1, -0.05) is 70.2 Å². The zero-order valence-corrected chi connectivity index (χ0v) is 18.7. The number of nitrogens with zero attached hydrogens (tertiary/aromatic N) is 2. The van der Waals surface area contributed by atoms with Crippen molar-refractivity contribution in [1.29, 1.82) is 0 Å². The zero-order chi connectivity index (χ0) is 23.4. The van der Waals surface area contributed by atoms with Crippen LogP contribution in [0.3, 0.4) is 0 Å². The Labute approximate surface area is 187 Å². The first-order chi connectivity index (χ1) is 15.3. The summed E-state index contributed by atoms with van der Waals surface area (Å²) in [6.07, 6.45) is 4.31. The van der Waals surface area contributed by atoms with E-state index in [1.807, 2.05) is 12.1 Å². The fourth-order valence-electron chi connectivity index (χ4n) is 3.10. The smallest absolute Gasteiger partial charge is 0.428 e. The lowest BCUT2D eigenvalue weighted by Crippen LogP contribution is -2.38. The Balaban J connectivity index is 1.86. The number of hydrogen-bond acceptors (Lipinski definition) is 5. The molecule has 0 N–H and O–H groups in total. The highest BCUT2D eigenvalue weighted by Crippen LogP contribution is 2.25. The van der Waals surface area contributed by atoms with Crippen molar-refractivity contribution in [3.05, 3.63) is 42.2 Å². The van der Waals surface area contributed by atoms with Gasteiger partial charge in [0, 0.05) is 24.4 Å². The van der Waals surface area contributed by atoms with Gasteiger partial charge in [-0.05, 0) is 24.0 Å². The van der Waals surface area contributed by atoms with Gasteiger partial charge < -0.3 is 9.47 Å². The number of unbranched alkanes of at least 4 members (excludes halogenated alkanes) is 5. The van der Waals surface area contributed by atoms with E-state index < -0.39 is 24.9 Å². The van der Waals surface area contributed by atoms with Crippen LogP contribution in [0, 0.1) is 0 Å². The van der Waals surface area contributed by atoms with Crippen molar-refractivity contribution < 1.29 is 27.4 Å². The molecule has 1 heterocycles. The molecule has 0 saturated carbocycles. The van der Waals surface area contributed by atoms with Crippen LogP contribution in [-0.4, -0.2) is 34.8 Å². The van der Waals surface area contributed by atoms with Crippen molar-refractivity contribution in [2.24, 2.45) is 0 Å². The molecule has 1 aromatic carbocycles. The van der Waals surface area contributed by atoms with Crippen LogP contribution in [0.2, 0.25) is 0 Å². The second kappa shape index (κ2) is 13.0. The van der Waals surface area contributed by atoms with Gasteiger partial charge in [0.05, 0.1) is 0 Å². The Bertz CT molecular complexity index is 809. The number of rotatable bonds is 13. The van der Waals surface area contributed by atoms with Gasteiger partial charge >= 0.3 is 18.2 Å². The molecule has 1 atom stereocenters. The van der Waals surface area contributed by atoms with Gasteiger partial charge in [0.2, 0.25) is 6.10 Å². The molecule has 8 heteroatoms. The second-order valence-corrected chi connectivity index (χ2v) is 7.65. The molecule has 0 aliphatic carbocycles. The fraction of sp³-hybridized carbons (Fsp3) is 0.542. The lowest BCUT2D eigenvalue weighted by atomic mass is 10.0. The molecule has 0 aliphatic rings. The number of aromatic nitrogens is 2. The first-order valence-electron chi connectivity index (χ1n) is 11.1. The molecule has 5 nitrogen and oxygen atoms in total. The Kier molecular flexibility index (Phi) is 10.4. The topological polar surface area (TPSA) is 61.3 Å². The van der Waals surface area contributed by atoms with Crippen molar-refractivity contribution in [3.8, 4) is 17.1 Å². The highest BCUT2D eigenvalue weighted by atomic mass is 19.4. The van der Waals surface area contributed by atoms with Crippen molar-refractivity contribution >= 4 is 5.97 Å². The summed E-state index contributed by atoms with van der Waals surface area (Å²) < 4.78 is 48.4. The van der Waals surface area contributed by atoms with Gasteiger partial charge in [0.15, 0.2) is 0 Å². The van der Waals surface area contributed by atoms with Gasteiger partial charge in [-0.3, -0.25) is 4.79 Å². The number of alkyl halides is 3. The number of halogens is 3. The summed E-state index contributed by atoms with van der Waals surface area (Å²) in [5.41, 5.74) is 2.91. The van der Waals surface area contributed by atoms with Crippen LogP contribution < -0.4 is 4.74 Å². The van der Waals surface area contributed by atoms with Crippen molar-refractivity contribution in [2.75, 3.05) is 6.61 Å². The normalized spacial score (nSPS) is 12.4. The molecule has 1 unspecified atom stereocenters. The number of carbonyl (C=O) groups is 1. The molecule has 1 aromatic heterocycles. The van der Waals surface area contributed by atoms with Crippen LogP contribution in [0.1, 0.15) is 64.4 Å². The molecule has 0 aliphatic heterocycles. The predicted octanol–water partition coefficient (Wildman–Crippen LogP) is 6.31. The van der Waals surface area contributed by atoms with E-state index in [4.69, 9.17) is 4.74 Å². The highest BCUT2D eigenvalue weighted by molar-refractivity contribution is 5.69. The highest BCUT2D eigenvalue weighted by Gasteiger charge is 2.43. The molecule has 0 fully saturated rings. The number of carbonyl (C=O) groups excluding carboxylic acids is 1. The van der Waals surface area contributed by atoms with E-state index in [9.17, 15) is 18.0 Å². The maximum atomic E-state index is 13.0. The third kappa shape index (κ3) is 8.85. The van der Waals surface area contributed by atoms with E-state index in [0.29, 0.717) is 0 Å². The van der Waals surface area contributed by atoms with E-state index in [1.165, 1.54) is 63.4 Å². The number of hydrogen-bond donors (Lipinski definition) is 0. The van der Waals surface area contributed by atoms with Crippen molar-refractivity contribution in [1.82, 2.24) is 9.97 Å². The Morgan fingerprint density at radius 1 is 0.938 bits per heavy atom. The minimum absolute atomic E-state index is 0.157. The second-order valence-electron chi connectivity index (χ2n) is 7.65. The number of ether oxygens (including phenoxy) is 2. The van der Waals surface area contributed by atoms with E-state index in [0.717, 1.165) is 17.5 Å². The molecule has 2 rings (SSSR count). The summed E-state index contributed by atoms with van der Waals surface area (Å²) in [5.74, 6) is -0.952. The summed E-state index contributed by atoms with van der Waals surface area (Å²) >= 11 is 0. The van der Waals surface area contributed by atoms with Crippen LogP contribution in [0.5, 0.6) is 6.01 Å². The van der Waals surface area contributed by atoms with Gasteiger partial charge in [-0.25, -0.2) is 9.97 Å². The lowest BCUT2D eigenvalue weighted by Gasteiger charge is -2.20. The molecule has 2 aromatic rings. The molecule has 0 amide bonds. The third-order valence-electron chi connectivity index (χ3n) is 5.03. The molecule has 0 saturated heterocycles. The zero-order valence-electron chi connectivity index (χ0n) is 18.7. The first kappa shape index (κ1) is 25.6. The van der Waals surface area contributed by atoms with Gasteiger partial charge in [0.25, 0.3) is 0 Å². The summed E-state index contributed by atoms with van der Waals surface area (Å²) in [5, 5.41) is 0. The average Bonchev–Trinajstić information content (AvgIpc) is 2.78. The van der Waals surface area contributed by atoms with E-state index in [2.05, 4.69) is 33.8 Å². The van der Waals surface area contributed by atoms with Crippen LogP contribution in [0.25, 0.3) is 11.1 Å². The molecule has 176 valence electrons. The van der Waals surface area contributed by atoms with Crippen LogP contribution in [0.15, 0.2) is 36.7 Å². The van der Waals surface area contributed by atoms with Gasteiger partial charge in [0.1, 0.15) is 6.61 Å². The van der Waals surface area contributed by atoms with Crippen LogP contribution in [-0.2, 0) is 16.0 Å². The number of esters is 1.